The van der Waals surface area contributed by atoms with Crippen LogP contribution in [0.2, 0.25) is 0 Å². The first-order chi connectivity index (χ1) is 13.0. The minimum absolute atomic E-state index is 0.318. The Balaban J connectivity index is 1.74. The third-order valence-electron chi connectivity index (χ3n) is 5.22. The number of hydrogen-bond acceptors (Lipinski definition) is 3. The van der Waals surface area contributed by atoms with Crippen molar-refractivity contribution in [3.8, 4) is 0 Å². The smallest absolute Gasteiger partial charge is 0.237 e. The first-order valence-corrected chi connectivity index (χ1v) is 11.1. The highest BCUT2D eigenvalue weighted by Crippen LogP contribution is 2.26. The van der Waals surface area contributed by atoms with Crippen LogP contribution in [0.4, 0.5) is 0 Å². The van der Waals surface area contributed by atoms with Gasteiger partial charge in [-0.05, 0) is 54.3 Å². The lowest BCUT2D eigenvalue weighted by Gasteiger charge is -2.21. The zero-order valence-corrected chi connectivity index (χ0v) is 16.9. The summed E-state index contributed by atoms with van der Waals surface area (Å²) in [6.07, 6.45) is 3.12. The second kappa shape index (κ2) is 8.83. The lowest BCUT2D eigenvalue weighted by molar-refractivity contribution is 0.295. The molecule has 4 nitrogen and oxygen atoms in total. The van der Waals surface area contributed by atoms with Gasteiger partial charge in [-0.3, -0.25) is 4.90 Å². The van der Waals surface area contributed by atoms with Crippen LogP contribution >= 0.6 is 0 Å². The van der Waals surface area contributed by atoms with Gasteiger partial charge in [0.1, 0.15) is 0 Å². The Morgan fingerprint density at radius 2 is 1.59 bits per heavy atom. The largest absolute Gasteiger partial charge is 0.300 e. The summed E-state index contributed by atoms with van der Waals surface area (Å²) >= 11 is 0. The van der Waals surface area contributed by atoms with Crippen molar-refractivity contribution >= 4 is 16.1 Å². The molecule has 27 heavy (non-hydrogen) atoms. The van der Waals surface area contributed by atoms with Crippen molar-refractivity contribution in [1.82, 2.24) is 9.62 Å². The quantitative estimate of drug-likeness (QED) is 0.750. The predicted octanol–water partition coefficient (Wildman–Crippen LogP) is 3.94. The molecule has 0 bridgehead atoms. The molecule has 0 aliphatic heterocycles. The number of hydrogen-bond donors (Lipinski definition) is 1. The Morgan fingerprint density at radius 1 is 0.926 bits per heavy atom. The highest BCUT2D eigenvalue weighted by molar-refractivity contribution is 7.93. The molecule has 5 heteroatoms. The molecule has 2 aromatic carbocycles. The normalized spacial score (nSPS) is 14.1. The molecule has 0 unspecified atom stereocenters. The Labute approximate surface area is 163 Å². The van der Waals surface area contributed by atoms with E-state index < -0.39 is 10.0 Å². The van der Waals surface area contributed by atoms with Crippen LogP contribution in [0.1, 0.15) is 42.5 Å². The Morgan fingerprint density at radius 3 is 2.33 bits per heavy atom. The number of sulfonamides is 1. The number of fused-ring (bicyclic) bond motifs is 1. The summed E-state index contributed by atoms with van der Waals surface area (Å²) in [5.74, 6) is 0. The van der Waals surface area contributed by atoms with Crippen LogP contribution in [-0.4, -0.2) is 26.4 Å². The van der Waals surface area contributed by atoms with E-state index in [1.807, 2.05) is 42.5 Å². The first-order valence-electron chi connectivity index (χ1n) is 9.60. The molecule has 1 N–H and O–H groups in total. The highest BCUT2D eigenvalue weighted by Gasteiger charge is 2.21. The molecule has 1 aliphatic rings. The van der Waals surface area contributed by atoms with E-state index in [2.05, 4.69) is 35.6 Å². The van der Waals surface area contributed by atoms with E-state index in [0.29, 0.717) is 17.9 Å². The first kappa shape index (κ1) is 19.8. The Kier molecular flexibility index (Phi) is 6.47. The summed E-state index contributed by atoms with van der Waals surface area (Å²) < 4.78 is 28.5. The van der Waals surface area contributed by atoms with E-state index in [9.17, 15) is 8.42 Å². The molecular weight excluding hydrogens is 356 g/mol. The van der Waals surface area contributed by atoms with Crippen molar-refractivity contribution in [3.05, 3.63) is 75.7 Å². The van der Waals surface area contributed by atoms with Gasteiger partial charge < -0.3 is 0 Å². The number of nitrogens with zero attached hydrogens (tertiary/aromatic N) is 1. The molecule has 3 rings (SSSR count). The van der Waals surface area contributed by atoms with Gasteiger partial charge in [-0.2, -0.15) is 0 Å². The average Bonchev–Trinajstić information content (AvgIpc) is 2.70. The van der Waals surface area contributed by atoms with Crippen LogP contribution in [0.3, 0.4) is 0 Å². The zero-order chi connectivity index (χ0) is 19.3. The maximum absolute atomic E-state index is 12.8. The number of rotatable bonds is 8. The second-order valence-electron chi connectivity index (χ2n) is 6.86. The van der Waals surface area contributed by atoms with Gasteiger partial charge in [0.05, 0.1) is 4.91 Å². The van der Waals surface area contributed by atoms with Gasteiger partial charge in [-0.1, -0.05) is 62.4 Å². The van der Waals surface area contributed by atoms with E-state index in [4.69, 9.17) is 0 Å². The van der Waals surface area contributed by atoms with Crippen molar-refractivity contribution in [3.63, 3.8) is 0 Å². The lowest BCUT2D eigenvalue weighted by Crippen LogP contribution is -2.27. The Bertz CT molecular complexity index is 915. The van der Waals surface area contributed by atoms with E-state index in [-0.39, 0.29) is 0 Å². The molecule has 2 aromatic rings. The van der Waals surface area contributed by atoms with Crippen LogP contribution in [0, 0.1) is 0 Å². The van der Waals surface area contributed by atoms with E-state index in [1.54, 1.807) is 0 Å². The van der Waals surface area contributed by atoms with Gasteiger partial charge in [0.25, 0.3) is 0 Å². The topological polar surface area (TPSA) is 49.4 Å². The number of nitrogens with one attached hydrogen (secondary N) is 1. The molecule has 0 radical (unpaired) electrons. The minimum atomic E-state index is -3.48. The van der Waals surface area contributed by atoms with Crippen LogP contribution in [-0.2, 0) is 29.5 Å². The number of aryl methyl sites for hydroxylation is 1. The molecule has 0 heterocycles. The lowest BCUT2D eigenvalue weighted by atomic mass is 9.98. The fraction of sp³-hybridized carbons (Fsp3) is 0.364. The third-order valence-corrected chi connectivity index (χ3v) is 6.75. The zero-order valence-electron chi connectivity index (χ0n) is 16.1. The van der Waals surface area contributed by atoms with E-state index >= 15 is 0 Å². The predicted molar refractivity (Wildman–Crippen MR) is 112 cm³/mol. The van der Waals surface area contributed by atoms with Crippen LogP contribution < -0.4 is 4.72 Å². The molecule has 0 atom stereocenters. The fourth-order valence-corrected chi connectivity index (χ4v) is 4.64. The van der Waals surface area contributed by atoms with Crippen molar-refractivity contribution < 1.29 is 8.42 Å². The van der Waals surface area contributed by atoms with Crippen molar-refractivity contribution in [2.75, 3.05) is 13.1 Å². The summed E-state index contributed by atoms with van der Waals surface area (Å²) in [5.41, 5.74) is 4.42. The maximum atomic E-state index is 12.8. The van der Waals surface area contributed by atoms with Crippen LogP contribution in [0.25, 0.3) is 6.08 Å². The van der Waals surface area contributed by atoms with Gasteiger partial charge in [0.2, 0.25) is 10.0 Å². The molecule has 0 saturated heterocycles. The number of allylic oxidation sites excluding steroid dienone is 1. The van der Waals surface area contributed by atoms with Crippen molar-refractivity contribution in [2.45, 2.75) is 39.8 Å². The summed E-state index contributed by atoms with van der Waals surface area (Å²) in [5, 5.41) is 0. The van der Waals surface area contributed by atoms with Crippen molar-refractivity contribution in [1.29, 1.82) is 0 Å². The van der Waals surface area contributed by atoms with Gasteiger partial charge >= 0.3 is 0 Å². The second-order valence-corrected chi connectivity index (χ2v) is 8.68. The molecule has 0 saturated carbocycles. The van der Waals surface area contributed by atoms with Gasteiger partial charge in [-0.15, -0.1) is 0 Å². The van der Waals surface area contributed by atoms with Crippen molar-refractivity contribution in [2.24, 2.45) is 0 Å². The molecule has 1 aliphatic carbocycles. The Hall–Kier alpha value is -1.95. The highest BCUT2D eigenvalue weighted by atomic mass is 32.2. The standard InChI is InChI=1S/C22H28N2O2S/c1-3-24(4-2)17-21-12-8-7-11-20(21)16-23-27(25,26)22-14-13-18-9-5-6-10-19(18)15-22/h5-12,15,23H,3-4,13-14,16-17H2,1-2H3. The third kappa shape index (κ3) is 4.86. The molecule has 0 aromatic heterocycles. The molecule has 144 valence electrons. The summed E-state index contributed by atoms with van der Waals surface area (Å²) in [4.78, 5) is 2.80. The molecule has 0 spiro atoms. The van der Waals surface area contributed by atoms with E-state index in [0.717, 1.165) is 37.2 Å². The number of benzene rings is 2. The van der Waals surface area contributed by atoms with E-state index in [1.165, 1.54) is 11.1 Å². The molecule has 0 amide bonds. The average molecular weight is 385 g/mol. The van der Waals surface area contributed by atoms with Gasteiger partial charge in [-0.25, -0.2) is 13.1 Å². The fourth-order valence-electron chi connectivity index (χ4n) is 3.46. The maximum Gasteiger partial charge on any atom is 0.237 e. The summed E-state index contributed by atoms with van der Waals surface area (Å²) in [7, 11) is -3.48. The molecular formula is C22H28N2O2S. The summed E-state index contributed by atoms with van der Waals surface area (Å²) in [6, 6.07) is 16.0. The SMILES string of the molecule is CCN(CC)Cc1ccccc1CNS(=O)(=O)C1=Cc2ccccc2CC1. The van der Waals surface area contributed by atoms with Crippen LogP contribution in [0.15, 0.2) is 53.4 Å². The molecule has 0 fully saturated rings. The minimum Gasteiger partial charge on any atom is -0.300 e. The van der Waals surface area contributed by atoms with Gasteiger partial charge in [0, 0.05) is 13.1 Å². The van der Waals surface area contributed by atoms with Gasteiger partial charge in [0.15, 0.2) is 0 Å². The summed E-state index contributed by atoms with van der Waals surface area (Å²) in [6.45, 7) is 7.38. The monoisotopic (exact) mass is 384 g/mol. The van der Waals surface area contributed by atoms with Crippen LogP contribution in [0.5, 0.6) is 0 Å².